The molecule has 0 atom stereocenters. The molecule has 0 aliphatic heterocycles. The van der Waals surface area contributed by atoms with Crippen molar-refractivity contribution in [3.05, 3.63) is 120 Å². The Kier molecular flexibility index (Phi) is 21.5. The van der Waals surface area contributed by atoms with E-state index in [0.717, 1.165) is 30.5 Å². The lowest BCUT2D eigenvalue weighted by Gasteiger charge is -2.15. The van der Waals surface area contributed by atoms with Gasteiger partial charge in [-0.2, -0.15) is 0 Å². The normalized spacial score (nSPS) is 10.5. The van der Waals surface area contributed by atoms with E-state index in [1.807, 2.05) is 6.07 Å². The lowest BCUT2D eigenvalue weighted by molar-refractivity contribution is -0.131. The highest BCUT2D eigenvalue weighted by Gasteiger charge is 2.15. The fraction of sp³-hybridized carbons (Fsp3) is 0.244. The van der Waals surface area contributed by atoms with Crippen molar-refractivity contribution < 1.29 is 33.0 Å². The van der Waals surface area contributed by atoms with Gasteiger partial charge in [-0.15, -0.1) is 15.8 Å². The van der Waals surface area contributed by atoms with Crippen molar-refractivity contribution in [2.75, 3.05) is 73.9 Å². The third kappa shape index (κ3) is 16.4. The SMILES string of the molecule is C.C=CC(=O)Nc1cc2c(Nc3ccc(F)c(Cl)c3)ncnc2cc1OCCCP(C)C.C=CC(=O)O.CP(C)CCCOc1cc2ncnc(Nc3ccc(F)c(Cl)c3)c2cc1N. The fourth-order valence-corrected chi connectivity index (χ4v) is 7.34. The Hall–Kier alpha value is -5.72. The first kappa shape index (κ1) is 52.6. The van der Waals surface area contributed by atoms with E-state index in [2.05, 4.69) is 75.7 Å². The molecule has 19 heteroatoms. The van der Waals surface area contributed by atoms with Crippen LogP contribution in [0.15, 0.2) is 98.6 Å². The Balaban J connectivity index is 0.000000306. The molecule has 6 N–H and O–H groups in total. The van der Waals surface area contributed by atoms with Gasteiger partial charge in [0.1, 0.15) is 47.4 Å². The molecule has 0 saturated heterocycles. The number of benzene rings is 4. The van der Waals surface area contributed by atoms with Gasteiger partial charge in [0.15, 0.2) is 0 Å². The highest BCUT2D eigenvalue weighted by Crippen LogP contribution is 2.35. The average molecular weight is 956 g/mol. The maximum atomic E-state index is 13.5. The Morgan fingerprint density at radius 1 is 0.734 bits per heavy atom. The van der Waals surface area contributed by atoms with E-state index in [1.54, 1.807) is 30.3 Å². The van der Waals surface area contributed by atoms with Crippen molar-refractivity contribution in [2.24, 2.45) is 0 Å². The van der Waals surface area contributed by atoms with Crippen LogP contribution in [-0.4, -0.2) is 89.1 Å². The molecule has 2 aromatic heterocycles. The number of nitrogen functional groups attached to an aromatic ring is 1. The molecule has 340 valence electrons. The van der Waals surface area contributed by atoms with Gasteiger partial charge in [0.2, 0.25) is 5.91 Å². The first-order valence-corrected chi connectivity index (χ1v) is 24.8. The van der Waals surface area contributed by atoms with Crippen molar-refractivity contribution in [1.29, 1.82) is 0 Å². The first-order valence-electron chi connectivity index (χ1n) is 19.2. The summed E-state index contributed by atoms with van der Waals surface area (Å²) in [7, 11) is 0.0852. The number of halogens is 4. The lowest BCUT2D eigenvalue weighted by Crippen LogP contribution is -2.10. The summed E-state index contributed by atoms with van der Waals surface area (Å²) in [5, 5.41) is 18.1. The van der Waals surface area contributed by atoms with Gasteiger partial charge in [-0.3, -0.25) is 4.79 Å². The van der Waals surface area contributed by atoms with Crippen LogP contribution in [0.4, 0.5) is 43.2 Å². The molecule has 0 radical (unpaired) electrons. The number of aliphatic carboxylic acids is 1. The molecule has 0 unspecified atom stereocenters. The largest absolute Gasteiger partial charge is 0.491 e. The molecule has 6 rings (SSSR count). The summed E-state index contributed by atoms with van der Waals surface area (Å²) in [6, 6.07) is 15.8. The number of carboxylic acids is 1. The first-order chi connectivity index (χ1) is 30.1. The minimum Gasteiger partial charge on any atom is -0.491 e. The van der Waals surface area contributed by atoms with Crippen molar-refractivity contribution in [3.8, 4) is 11.5 Å². The van der Waals surface area contributed by atoms with Crippen LogP contribution >= 0.6 is 39.0 Å². The predicted octanol–water partition coefficient (Wildman–Crippen LogP) is 12.0. The quantitative estimate of drug-likeness (QED) is 0.0252. The number of aromatic nitrogens is 4. The molecule has 0 spiro atoms. The molecule has 0 aliphatic rings. The van der Waals surface area contributed by atoms with Gasteiger partial charge < -0.3 is 36.3 Å². The van der Waals surface area contributed by atoms with Crippen LogP contribution in [0, 0.1) is 11.6 Å². The number of nitrogens with one attached hydrogen (secondary N) is 3. The molecule has 4 aromatic carbocycles. The molecule has 64 heavy (non-hydrogen) atoms. The standard InChI is InChI=1S/C22H23ClFN4O2P.C19H21ClFN4OP.C3H4O2.CH4/c1-4-21(29)28-19-11-15-18(12-20(19)30-8-5-9-31(2)3)25-13-26-22(15)27-14-6-7-17(24)16(23)10-14;1-27(2)7-3-6-26-18-10-17-13(9-16(18)22)19(24-11-23-17)25-12-4-5-15(21)14(20)8-12;1-2-3(4)5;/h4,6-7,10-13H,1,5,8-9H2,2-3H3,(H,28,29)(H,25,26,27);4-5,8-11H,3,6-7,22H2,1-2H3,(H,23,24,25);2H,1H2,(H,4,5);1H4. The molecular formula is C45H52Cl2F2N8O5P2. The number of carboxylic acid groups (broad SMARTS) is 1. The van der Waals surface area contributed by atoms with Crippen molar-refractivity contribution in [1.82, 2.24) is 19.9 Å². The Morgan fingerprint density at radius 2 is 1.19 bits per heavy atom. The number of fused-ring (bicyclic) bond motifs is 2. The van der Waals surface area contributed by atoms with Crippen LogP contribution in [-0.2, 0) is 9.59 Å². The maximum Gasteiger partial charge on any atom is 0.327 e. The highest BCUT2D eigenvalue weighted by atomic mass is 35.5. The molecule has 0 fully saturated rings. The Bertz CT molecular complexity index is 2560. The summed E-state index contributed by atoms with van der Waals surface area (Å²) in [6.07, 6.45) is 9.09. The Labute approximate surface area is 384 Å². The topological polar surface area (TPSA) is 186 Å². The number of nitrogens with two attached hydrogens (primary N) is 1. The molecule has 6 aromatic rings. The van der Waals surface area contributed by atoms with Crippen LogP contribution < -0.4 is 31.2 Å². The van der Waals surface area contributed by atoms with Crippen LogP contribution in [0.1, 0.15) is 20.3 Å². The van der Waals surface area contributed by atoms with Gasteiger partial charge in [-0.25, -0.2) is 33.5 Å². The van der Waals surface area contributed by atoms with Crippen LogP contribution in [0.2, 0.25) is 10.0 Å². The third-order valence-corrected chi connectivity index (χ3v) is 11.5. The summed E-state index contributed by atoms with van der Waals surface area (Å²) >= 11 is 11.7. The van der Waals surface area contributed by atoms with Crippen LogP contribution in [0.25, 0.3) is 21.8 Å². The van der Waals surface area contributed by atoms with E-state index in [0.29, 0.717) is 75.5 Å². The van der Waals surface area contributed by atoms with E-state index < -0.39 is 17.6 Å². The number of nitrogens with zero attached hydrogens (tertiary/aromatic N) is 4. The van der Waals surface area contributed by atoms with Gasteiger partial charge in [0.25, 0.3) is 0 Å². The minimum absolute atomic E-state index is 0. The minimum atomic E-state index is -0.981. The molecule has 1 amide bonds. The number of anilines is 6. The third-order valence-electron chi connectivity index (χ3n) is 8.50. The van der Waals surface area contributed by atoms with Crippen molar-refractivity contribution >= 4 is 107 Å². The lowest BCUT2D eigenvalue weighted by atomic mass is 10.1. The van der Waals surface area contributed by atoms with E-state index in [1.165, 1.54) is 49.2 Å². The summed E-state index contributed by atoms with van der Waals surface area (Å²) in [5.74, 6) is -0.132. The molecular weight excluding hydrogens is 903 g/mol. The van der Waals surface area contributed by atoms with Crippen LogP contribution in [0.3, 0.4) is 0 Å². The predicted molar refractivity (Wildman–Crippen MR) is 264 cm³/mol. The van der Waals surface area contributed by atoms with E-state index >= 15 is 0 Å². The van der Waals surface area contributed by atoms with Crippen molar-refractivity contribution in [2.45, 2.75) is 20.3 Å². The second kappa shape index (κ2) is 26.2. The summed E-state index contributed by atoms with van der Waals surface area (Å²) in [4.78, 5) is 38.4. The van der Waals surface area contributed by atoms with E-state index in [9.17, 15) is 18.4 Å². The van der Waals surface area contributed by atoms with Gasteiger partial charge in [0.05, 0.1) is 45.7 Å². The zero-order valence-corrected chi connectivity index (χ0v) is 38.4. The number of amides is 1. The number of carbonyl (C=O) groups is 2. The monoisotopic (exact) mass is 954 g/mol. The summed E-state index contributed by atoms with van der Waals surface area (Å²) in [6.45, 7) is 16.6. The highest BCUT2D eigenvalue weighted by molar-refractivity contribution is 7.56. The molecule has 0 saturated carbocycles. The van der Waals surface area contributed by atoms with Gasteiger partial charge in [0, 0.05) is 40.4 Å². The summed E-state index contributed by atoms with van der Waals surface area (Å²) < 4.78 is 38.6. The maximum absolute atomic E-state index is 13.5. The Morgan fingerprint density at radius 3 is 1.62 bits per heavy atom. The molecule has 0 aliphatic carbocycles. The smallest absolute Gasteiger partial charge is 0.327 e. The fourth-order valence-electron chi connectivity index (χ4n) is 5.46. The second-order valence-corrected chi connectivity index (χ2v) is 20.0. The van der Waals surface area contributed by atoms with Crippen molar-refractivity contribution in [3.63, 3.8) is 0 Å². The molecule has 13 nitrogen and oxygen atoms in total. The number of rotatable bonds is 17. The average Bonchev–Trinajstić information content (AvgIpc) is 3.24. The van der Waals surface area contributed by atoms with Crippen LogP contribution in [0.5, 0.6) is 11.5 Å². The van der Waals surface area contributed by atoms with E-state index in [-0.39, 0.29) is 39.2 Å². The number of ether oxygens (including phenoxy) is 2. The molecule has 0 bridgehead atoms. The number of carbonyl (C=O) groups excluding carboxylic acids is 1. The number of hydrogen-bond acceptors (Lipinski definition) is 11. The molecule has 2 heterocycles. The van der Waals surface area contributed by atoms with Gasteiger partial charge >= 0.3 is 5.97 Å². The van der Waals surface area contributed by atoms with Gasteiger partial charge in [-0.05, 0) is 106 Å². The zero-order chi connectivity index (χ0) is 46.1. The van der Waals surface area contributed by atoms with Gasteiger partial charge in [-0.1, -0.05) is 43.8 Å². The van der Waals surface area contributed by atoms with E-state index in [4.69, 9.17) is 43.5 Å². The zero-order valence-electron chi connectivity index (χ0n) is 35.1. The summed E-state index contributed by atoms with van der Waals surface area (Å²) in [5.41, 5.74) is 9.70. The number of hydrogen-bond donors (Lipinski definition) is 5. The second-order valence-electron chi connectivity index (χ2n) is 14.0.